The Bertz CT molecular complexity index is 1390. The third-order valence-electron chi connectivity index (χ3n) is 4.62. The van der Waals surface area contributed by atoms with Crippen LogP contribution in [0.15, 0.2) is 75.9 Å². The molecule has 154 valence electrons. The fourth-order valence-electron chi connectivity index (χ4n) is 3.10. The number of non-ortho nitro benzene ring substituents is 1. The van der Waals surface area contributed by atoms with Crippen molar-refractivity contribution in [2.45, 2.75) is 6.92 Å². The molecule has 0 bridgehead atoms. The molecule has 0 atom stereocenters. The van der Waals surface area contributed by atoms with Crippen LogP contribution >= 0.6 is 11.6 Å². The van der Waals surface area contributed by atoms with E-state index in [4.69, 9.17) is 20.8 Å². The van der Waals surface area contributed by atoms with Gasteiger partial charge in [-0.2, -0.15) is 0 Å². The van der Waals surface area contributed by atoms with E-state index < -0.39 is 16.3 Å². The van der Waals surface area contributed by atoms with Crippen LogP contribution in [-0.4, -0.2) is 10.9 Å². The number of rotatable bonds is 4. The van der Waals surface area contributed by atoms with Gasteiger partial charge in [0.2, 0.25) is 11.2 Å². The van der Waals surface area contributed by atoms with Gasteiger partial charge in [-0.25, -0.2) is 4.79 Å². The van der Waals surface area contributed by atoms with Crippen LogP contribution in [0.5, 0.6) is 5.75 Å². The number of nitro groups is 1. The van der Waals surface area contributed by atoms with Crippen molar-refractivity contribution < 1.29 is 18.9 Å². The molecule has 3 aromatic carbocycles. The maximum absolute atomic E-state index is 13.2. The number of hydrogen-bond acceptors (Lipinski definition) is 6. The average molecular weight is 436 g/mol. The molecule has 7 nitrogen and oxygen atoms in total. The van der Waals surface area contributed by atoms with Crippen molar-refractivity contribution in [2.75, 3.05) is 0 Å². The van der Waals surface area contributed by atoms with Gasteiger partial charge in [0.1, 0.15) is 5.58 Å². The molecule has 1 aromatic heterocycles. The molecule has 4 aromatic rings. The fraction of sp³-hybridized carbons (Fsp3) is 0.0435. The number of hydrogen-bond donors (Lipinski definition) is 0. The SMILES string of the molecule is Cc1ccc2oc(-c3ccccc3)c(OC(=O)c3ccc([N+](=O)[O-])cc3Cl)c(=O)c2c1. The van der Waals surface area contributed by atoms with Gasteiger partial charge in [0.25, 0.3) is 5.69 Å². The van der Waals surface area contributed by atoms with Gasteiger partial charge in [-0.05, 0) is 25.1 Å². The van der Waals surface area contributed by atoms with E-state index in [1.807, 2.05) is 13.0 Å². The number of aryl methyl sites for hydroxylation is 1. The Morgan fingerprint density at radius 1 is 1.06 bits per heavy atom. The largest absolute Gasteiger partial charge is 0.452 e. The highest BCUT2D eigenvalue weighted by molar-refractivity contribution is 6.33. The normalized spacial score (nSPS) is 10.8. The fourth-order valence-corrected chi connectivity index (χ4v) is 3.35. The average Bonchev–Trinajstić information content (AvgIpc) is 2.76. The van der Waals surface area contributed by atoms with E-state index in [0.717, 1.165) is 17.7 Å². The Labute approximate surface area is 180 Å². The van der Waals surface area contributed by atoms with Crippen molar-refractivity contribution in [2.24, 2.45) is 0 Å². The molecule has 0 saturated heterocycles. The maximum atomic E-state index is 13.2. The molecule has 0 aliphatic rings. The number of esters is 1. The highest BCUT2D eigenvalue weighted by atomic mass is 35.5. The van der Waals surface area contributed by atoms with Crippen LogP contribution in [0.2, 0.25) is 5.02 Å². The first-order valence-corrected chi connectivity index (χ1v) is 9.52. The van der Waals surface area contributed by atoms with Crippen molar-refractivity contribution in [3.8, 4) is 17.1 Å². The first-order chi connectivity index (χ1) is 14.8. The highest BCUT2D eigenvalue weighted by Gasteiger charge is 2.23. The van der Waals surface area contributed by atoms with Gasteiger partial charge < -0.3 is 9.15 Å². The summed E-state index contributed by atoms with van der Waals surface area (Å²) in [6.45, 7) is 1.83. The zero-order valence-corrected chi connectivity index (χ0v) is 16.9. The number of benzene rings is 3. The third kappa shape index (κ3) is 3.91. The molecular formula is C23H14ClNO6. The minimum absolute atomic E-state index is 0.0911. The molecule has 0 unspecified atom stereocenters. The van der Waals surface area contributed by atoms with Crippen molar-refractivity contribution in [1.29, 1.82) is 0 Å². The molecule has 0 N–H and O–H groups in total. The maximum Gasteiger partial charge on any atom is 0.345 e. The monoisotopic (exact) mass is 435 g/mol. The smallest absolute Gasteiger partial charge is 0.345 e. The Kier molecular flexibility index (Phi) is 5.27. The molecule has 0 radical (unpaired) electrons. The molecular weight excluding hydrogens is 422 g/mol. The lowest BCUT2D eigenvalue weighted by Gasteiger charge is -2.11. The van der Waals surface area contributed by atoms with Crippen LogP contribution in [0.1, 0.15) is 15.9 Å². The van der Waals surface area contributed by atoms with E-state index in [1.54, 1.807) is 42.5 Å². The Morgan fingerprint density at radius 3 is 2.48 bits per heavy atom. The van der Waals surface area contributed by atoms with E-state index in [9.17, 15) is 19.7 Å². The number of carbonyl (C=O) groups is 1. The molecule has 0 saturated carbocycles. The van der Waals surface area contributed by atoms with Crippen LogP contribution in [0, 0.1) is 17.0 Å². The lowest BCUT2D eigenvalue weighted by molar-refractivity contribution is -0.384. The zero-order chi connectivity index (χ0) is 22.1. The van der Waals surface area contributed by atoms with E-state index in [2.05, 4.69) is 0 Å². The highest BCUT2D eigenvalue weighted by Crippen LogP contribution is 2.32. The molecule has 8 heteroatoms. The summed E-state index contributed by atoms with van der Waals surface area (Å²) in [4.78, 5) is 36.3. The van der Waals surface area contributed by atoms with Crippen LogP contribution in [0.25, 0.3) is 22.3 Å². The number of carbonyl (C=O) groups excluding carboxylic acids is 1. The second-order valence-corrected chi connectivity index (χ2v) is 7.17. The number of ether oxygens (including phenoxy) is 1. The van der Waals surface area contributed by atoms with Gasteiger partial charge in [-0.1, -0.05) is 53.6 Å². The summed E-state index contributed by atoms with van der Waals surface area (Å²) in [5.41, 5.74) is 0.822. The zero-order valence-electron chi connectivity index (χ0n) is 16.1. The Hall–Kier alpha value is -3.97. The predicted octanol–water partition coefficient (Wildman–Crippen LogP) is 5.55. The van der Waals surface area contributed by atoms with Crippen LogP contribution in [0.3, 0.4) is 0 Å². The van der Waals surface area contributed by atoms with Gasteiger partial charge in [0, 0.05) is 17.7 Å². The van der Waals surface area contributed by atoms with Crippen molar-refractivity contribution in [3.05, 3.63) is 103 Å². The summed E-state index contributed by atoms with van der Waals surface area (Å²) in [6, 6.07) is 17.2. The minimum atomic E-state index is -0.934. The molecule has 1 heterocycles. The van der Waals surface area contributed by atoms with Crippen molar-refractivity contribution in [3.63, 3.8) is 0 Å². The van der Waals surface area contributed by atoms with Gasteiger partial charge in [0.15, 0.2) is 5.76 Å². The quantitative estimate of drug-likeness (QED) is 0.237. The standard InChI is InChI=1S/C23H14ClNO6/c1-13-7-10-19-17(11-13)20(26)22(21(30-19)14-5-3-2-4-6-14)31-23(27)16-9-8-15(25(28)29)12-18(16)24/h2-12H,1H3. The number of fused-ring (bicyclic) bond motifs is 1. The second-order valence-electron chi connectivity index (χ2n) is 6.77. The van der Waals surface area contributed by atoms with Gasteiger partial charge in [-0.3, -0.25) is 14.9 Å². The number of halogens is 1. The van der Waals surface area contributed by atoms with Gasteiger partial charge >= 0.3 is 5.97 Å². The summed E-state index contributed by atoms with van der Waals surface area (Å²) in [7, 11) is 0. The molecule has 0 fully saturated rings. The molecule has 0 amide bonds. The van der Waals surface area contributed by atoms with Crippen LogP contribution < -0.4 is 10.2 Å². The van der Waals surface area contributed by atoms with E-state index in [0.29, 0.717) is 11.1 Å². The van der Waals surface area contributed by atoms with Gasteiger partial charge in [-0.15, -0.1) is 0 Å². The topological polar surface area (TPSA) is 99.7 Å². The Balaban J connectivity index is 1.86. The summed E-state index contributed by atoms with van der Waals surface area (Å²) < 4.78 is 11.4. The summed E-state index contributed by atoms with van der Waals surface area (Å²) in [5, 5.41) is 11.0. The van der Waals surface area contributed by atoms with Crippen molar-refractivity contribution in [1.82, 2.24) is 0 Å². The van der Waals surface area contributed by atoms with Crippen LogP contribution in [0.4, 0.5) is 5.69 Å². The van der Waals surface area contributed by atoms with Gasteiger partial charge in [0.05, 0.1) is 20.9 Å². The summed E-state index contributed by atoms with van der Waals surface area (Å²) in [6.07, 6.45) is 0. The van der Waals surface area contributed by atoms with E-state index in [-0.39, 0.29) is 33.2 Å². The number of nitro benzene ring substituents is 1. The first kappa shape index (κ1) is 20.3. The lowest BCUT2D eigenvalue weighted by Crippen LogP contribution is -2.17. The van der Waals surface area contributed by atoms with E-state index >= 15 is 0 Å². The third-order valence-corrected chi connectivity index (χ3v) is 4.93. The predicted molar refractivity (Wildman–Crippen MR) is 116 cm³/mol. The molecule has 31 heavy (non-hydrogen) atoms. The molecule has 4 rings (SSSR count). The summed E-state index contributed by atoms with van der Waals surface area (Å²) in [5.74, 6) is -1.13. The van der Waals surface area contributed by atoms with Crippen molar-refractivity contribution >= 4 is 34.2 Å². The van der Waals surface area contributed by atoms with E-state index in [1.165, 1.54) is 6.07 Å². The minimum Gasteiger partial charge on any atom is -0.452 e. The molecule has 0 aliphatic carbocycles. The van der Waals surface area contributed by atoms with Crippen LogP contribution in [-0.2, 0) is 0 Å². The lowest BCUT2D eigenvalue weighted by atomic mass is 10.1. The molecule has 0 spiro atoms. The summed E-state index contributed by atoms with van der Waals surface area (Å²) >= 11 is 6.04. The first-order valence-electron chi connectivity index (χ1n) is 9.14. The number of nitrogens with zero attached hydrogens (tertiary/aromatic N) is 1. The second kappa shape index (κ2) is 8.04. The molecule has 0 aliphatic heterocycles. The Morgan fingerprint density at radius 2 is 1.81 bits per heavy atom.